The summed E-state index contributed by atoms with van der Waals surface area (Å²) in [6.45, 7) is 3.06. The molecule has 0 saturated heterocycles. The van der Waals surface area contributed by atoms with Crippen LogP contribution in [-0.2, 0) is 13.2 Å². The van der Waals surface area contributed by atoms with Crippen LogP contribution in [0.3, 0.4) is 0 Å². The largest absolute Gasteiger partial charge is 1.00 e. The number of hydrogen-bond acceptors (Lipinski definition) is 2. The molecule has 0 aliphatic heterocycles. The first kappa shape index (κ1) is 12.8. The molecule has 0 fully saturated rings. The third kappa shape index (κ3) is 2.65. The number of aromatic nitrogens is 1. The van der Waals surface area contributed by atoms with E-state index in [1.165, 1.54) is 5.56 Å². The molecule has 0 atom stereocenters. The van der Waals surface area contributed by atoms with E-state index in [2.05, 4.69) is 22.2 Å². The fourth-order valence-corrected chi connectivity index (χ4v) is 2.39. The van der Waals surface area contributed by atoms with Crippen molar-refractivity contribution in [1.82, 2.24) is 0 Å². The van der Waals surface area contributed by atoms with Crippen LogP contribution in [0, 0.1) is 6.92 Å². The van der Waals surface area contributed by atoms with E-state index in [0.717, 1.165) is 17.1 Å². The summed E-state index contributed by atoms with van der Waals surface area (Å²) >= 11 is 1.61. The molecule has 0 unspecified atom stereocenters. The molecule has 4 heteroatoms. The zero-order chi connectivity index (χ0) is 10.7. The molecular formula is C12H14FNOS. The number of halogens is 1. The Balaban J connectivity index is 0.00000128. The second-order valence-corrected chi connectivity index (χ2v) is 4.44. The van der Waals surface area contributed by atoms with E-state index in [9.17, 15) is 0 Å². The van der Waals surface area contributed by atoms with Crippen LogP contribution in [0.15, 0.2) is 35.8 Å². The van der Waals surface area contributed by atoms with Gasteiger partial charge in [-0.1, -0.05) is 41.7 Å². The topological polar surface area (TPSA) is 24.1 Å². The van der Waals surface area contributed by atoms with Gasteiger partial charge in [-0.15, -0.1) is 0 Å². The summed E-state index contributed by atoms with van der Waals surface area (Å²) in [5.41, 5.74) is 4.51. The van der Waals surface area contributed by atoms with Crippen molar-refractivity contribution in [3.8, 4) is 0 Å². The summed E-state index contributed by atoms with van der Waals surface area (Å²) < 4.78 is 2.17. The molecule has 1 aromatic heterocycles. The molecule has 0 saturated carbocycles. The minimum Gasteiger partial charge on any atom is -1.00 e. The molecule has 0 amide bonds. The quantitative estimate of drug-likeness (QED) is 0.675. The smallest absolute Gasteiger partial charge is 0.225 e. The Morgan fingerprint density at radius 2 is 1.94 bits per heavy atom. The standard InChI is InChI=1S/C12H14NOS.FH/c1-10-12(8-14)15-9-13(10)7-11-5-3-2-4-6-11;/h2-6,9,14H,7-8H2,1H3;1H/q+1;/p-1. The maximum absolute atomic E-state index is 9.09. The lowest BCUT2D eigenvalue weighted by molar-refractivity contribution is -0.689. The van der Waals surface area contributed by atoms with E-state index < -0.39 is 0 Å². The highest BCUT2D eigenvalue weighted by atomic mass is 32.1. The predicted molar refractivity (Wildman–Crippen MR) is 60.7 cm³/mol. The summed E-state index contributed by atoms with van der Waals surface area (Å²) in [4.78, 5) is 1.05. The third-order valence-electron chi connectivity index (χ3n) is 2.50. The number of hydrogen-bond donors (Lipinski definition) is 1. The van der Waals surface area contributed by atoms with Crippen LogP contribution in [0.2, 0.25) is 0 Å². The van der Waals surface area contributed by atoms with E-state index >= 15 is 0 Å². The van der Waals surface area contributed by atoms with E-state index in [1.807, 2.05) is 25.1 Å². The molecule has 1 N–H and O–H groups in total. The van der Waals surface area contributed by atoms with Crippen LogP contribution < -0.4 is 9.27 Å². The number of aliphatic hydroxyl groups is 1. The molecule has 2 nitrogen and oxygen atoms in total. The Kier molecular flexibility index (Phi) is 4.58. The minimum absolute atomic E-state index is 0. The monoisotopic (exact) mass is 239 g/mol. The minimum atomic E-state index is 0. The molecule has 86 valence electrons. The Bertz CT molecular complexity index is 442. The van der Waals surface area contributed by atoms with Crippen molar-refractivity contribution in [1.29, 1.82) is 0 Å². The molecule has 2 rings (SSSR count). The first-order chi connectivity index (χ1) is 7.31. The van der Waals surface area contributed by atoms with Crippen LogP contribution in [0.4, 0.5) is 0 Å². The number of aliphatic hydroxyl groups excluding tert-OH is 1. The number of nitrogens with zero attached hydrogens (tertiary/aromatic N) is 1. The van der Waals surface area contributed by atoms with Crippen LogP contribution >= 0.6 is 11.3 Å². The van der Waals surface area contributed by atoms with Crippen molar-refractivity contribution in [3.63, 3.8) is 0 Å². The van der Waals surface area contributed by atoms with Crippen molar-refractivity contribution in [2.24, 2.45) is 0 Å². The fraction of sp³-hybridized carbons (Fsp3) is 0.250. The van der Waals surface area contributed by atoms with Gasteiger partial charge in [-0.05, 0) is 0 Å². The summed E-state index contributed by atoms with van der Waals surface area (Å²) in [6, 6.07) is 10.3. The fourth-order valence-electron chi connectivity index (χ4n) is 1.54. The first-order valence-electron chi connectivity index (χ1n) is 4.92. The van der Waals surface area contributed by atoms with Gasteiger partial charge in [0.05, 0.1) is 6.61 Å². The summed E-state index contributed by atoms with van der Waals surface area (Å²) in [6.07, 6.45) is 0. The Hall–Kier alpha value is -1.26. The number of benzene rings is 1. The van der Waals surface area contributed by atoms with Gasteiger partial charge in [-0.2, -0.15) is 4.57 Å². The van der Waals surface area contributed by atoms with Gasteiger partial charge in [-0.25, -0.2) is 0 Å². The summed E-state index contributed by atoms with van der Waals surface area (Å²) in [7, 11) is 0. The molecule has 2 aromatic rings. The average Bonchev–Trinajstić information content (AvgIpc) is 2.62. The van der Waals surface area contributed by atoms with Crippen molar-refractivity contribution < 1.29 is 14.4 Å². The molecular weight excluding hydrogens is 225 g/mol. The first-order valence-corrected chi connectivity index (χ1v) is 5.80. The highest BCUT2D eigenvalue weighted by Crippen LogP contribution is 2.11. The number of thiazole rings is 1. The van der Waals surface area contributed by atoms with Gasteiger partial charge in [0.2, 0.25) is 5.51 Å². The van der Waals surface area contributed by atoms with Crippen molar-refractivity contribution >= 4 is 11.3 Å². The SMILES string of the molecule is Cc1c(CO)sc[n+]1Cc1ccccc1.[F-]. The van der Waals surface area contributed by atoms with Crippen molar-refractivity contribution in [3.05, 3.63) is 52.0 Å². The second kappa shape index (κ2) is 5.72. The lowest BCUT2D eigenvalue weighted by Gasteiger charge is -1.96. The number of rotatable bonds is 3. The van der Waals surface area contributed by atoms with Gasteiger partial charge >= 0.3 is 0 Å². The molecule has 0 radical (unpaired) electrons. The van der Waals surface area contributed by atoms with Crippen LogP contribution in [0.25, 0.3) is 0 Å². The highest BCUT2D eigenvalue weighted by molar-refractivity contribution is 7.09. The van der Waals surface area contributed by atoms with Gasteiger partial charge in [0.1, 0.15) is 4.88 Å². The summed E-state index contributed by atoms with van der Waals surface area (Å²) in [5.74, 6) is 0. The van der Waals surface area contributed by atoms with E-state index in [4.69, 9.17) is 5.11 Å². The normalized spacial score (nSPS) is 9.88. The van der Waals surface area contributed by atoms with Crippen LogP contribution in [-0.4, -0.2) is 5.11 Å². The molecule has 0 aliphatic rings. The summed E-state index contributed by atoms with van der Waals surface area (Å²) in [5, 5.41) is 9.09. The molecule has 1 heterocycles. The highest BCUT2D eigenvalue weighted by Gasteiger charge is 2.14. The lowest BCUT2D eigenvalue weighted by Crippen LogP contribution is -3.00. The maximum atomic E-state index is 9.09. The van der Waals surface area contributed by atoms with Crippen LogP contribution in [0.1, 0.15) is 16.1 Å². The Morgan fingerprint density at radius 1 is 1.25 bits per heavy atom. The van der Waals surface area contributed by atoms with Crippen molar-refractivity contribution in [2.45, 2.75) is 20.1 Å². The van der Waals surface area contributed by atoms with Gasteiger partial charge in [0, 0.05) is 12.5 Å². The molecule has 0 bridgehead atoms. The zero-order valence-corrected chi connectivity index (χ0v) is 9.88. The van der Waals surface area contributed by atoms with E-state index in [-0.39, 0.29) is 11.3 Å². The maximum Gasteiger partial charge on any atom is 0.225 e. The Morgan fingerprint density at radius 3 is 2.50 bits per heavy atom. The predicted octanol–water partition coefficient (Wildman–Crippen LogP) is -1.11. The third-order valence-corrected chi connectivity index (χ3v) is 3.56. The van der Waals surface area contributed by atoms with Gasteiger partial charge < -0.3 is 9.81 Å². The van der Waals surface area contributed by atoms with E-state index in [1.54, 1.807) is 11.3 Å². The zero-order valence-electron chi connectivity index (χ0n) is 9.06. The van der Waals surface area contributed by atoms with Crippen LogP contribution in [0.5, 0.6) is 0 Å². The van der Waals surface area contributed by atoms with Gasteiger partial charge in [0.15, 0.2) is 12.2 Å². The average molecular weight is 239 g/mol. The van der Waals surface area contributed by atoms with Crippen molar-refractivity contribution in [2.75, 3.05) is 0 Å². The molecule has 0 aliphatic carbocycles. The second-order valence-electron chi connectivity index (χ2n) is 3.50. The Labute approximate surface area is 98.2 Å². The van der Waals surface area contributed by atoms with Gasteiger partial charge in [0.25, 0.3) is 0 Å². The lowest BCUT2D eigenvalue weighted by atomic mass is 10.2. The van der Waals surface area contributed by atoms with E-state index in [0.29, 0.717) is 0 Å². The molecule has 16 heavy (non-hydrogen) atoms. The van der Waals surface area contributed by atoms with Gasteiger partial charge in [-0.3, -0.25) is 0 Å². The molecule has 1 aromatic carbocycles. The molecule has 0 spiro atoms.